The molecule has 0 spiro atoms. The summed E-state index contributed by atoms with van der Waals surface area (Å²) in [4.78, 5) is 0. The normalized spacial score (nSPS) is 17.2. The first kappa shape index (κ1) is 12.1. The quantitative estimate of drug-likeness (QED) is 0.812. The van der Waals surface area contributed by atoms with Gasteiger partial charge < -0.3 is 10.2 Å². The number of rotatable bonds is 3. The van der Waals surface area contributed by atoms with Crippen LogP contribution in [0.3, 0.4) is 0 Å². The Hall–Kier alpha value is -1.00. The molecule has 1 aromatic carbocycles. The molecule has 15 heavy (non-hydrogen) atoms. The molecule has 0 aliphatic rings. The Morgan fingerprint density at radius 3 is 2.20 bits per heavy atom. The summed E-state index contributed by atoms with van der Waals surface area (Å²) in [5, 5.41) is 19.4. The van der Waals surface area contributed by atoms with Crippen molar-refractivity contribution in [2.45, 2.75) is 32.0 Å². The van der Waals surface area contributed by atoms with Crippen molar-refractivity contribution in [1.82, 2.24) is 0 Å². The molecule has 0 aromatic heterocycles. The first-order valence-corrected chi connectivity index (χ1v) is 4.74. The first-order valence-electron chi connectivity index (χ1n) is 4.74. The van der Waals surface area contributed by atoms with Crippen LogP contribution in [0.1, 0.15) is 31.9 Å². The molecule has 84 valence electrons. The van der Waals surface area contributed by atoms with Crippen LogP contribution in [0.5, 0.6) is 0 Å². The minimum Gasteiger partial charge on any atom is -0.387 e. The fourth-order valence-electron chi connectivity index (χ4n) is 1.28. The largest absolute Gasteiger partial charge is 0.387 e. The third kappa shape index (κ3) is 2.33. The zero-order chi connectivity index (χ0) is 11.6. The lowest BCUT2D eigenvalue weighted by atomic mass is 9.90. The van der Waals surface area contributed by atoms with Gasteiger partial charge in [0.05, 0.1) is 11.2 Å². The van der Waals surface area contributed by atoms with Crippen molar-refractivity contribution >= 4 is 0 Å². The van der Waals surface area contributed by atoms with Crippen LogP contribution in [0.4, 0.5) is 8.78 Å². The monoisotopic (exact) mass is 216 g/mol. The molecule has 2 nitrogen and oxygen atoms in total. The summed E-state index contributed by atoms with van der Waals surface area (Å²) in [5.74, 6) is -1.70. The van der Waals surface area contributed by atoms with Crippen molar-refractivity contribution in [3.63, 3.8) is 0 Å². The highest BCUT2D eigenvalue weighted by Crippen LogP contribution is 2.31. The zero-order valence-corrected chi connectivity index (χ0v) is 8.67. The van der Waals surface area contributed by atoms with Crippen molar-refractivity contribution in [3.05, 3.63) is 35.4 Å². The maximum Gasteiger partial charge on any atom is 0.132 e. The Bertz CT molecular complexity index is 330. The van der Waals surface area contributed by atoms with Crippen LogP contribution in [0, 0.1) is 11.6 Å². The van der Waals surface area contributed by atoms with Gasteiger partial charge >= 0.3 is 0 Å². The van der Waals surface area contributed by atoms with Crippen molar-refractivity contribution in [3.8, 4) is 0 Å². The maximum absolute atomic E-state index is 13.3. The number of aliphatic hydroxyl groups excluding tert-OH is 1. The van der Waals surface area contributed by atoms with Gasteiger partial charge in [-0.1, -0.05) is 13.0 Å². The van der Waals surface area contributed by atoms with Gasteiger partial charge in [0.2, 0.25) is 0 Å². The molecular formula is C11H14F2O2. The molecule has 1 aromatic rings. The van der Waals surface area contributed by atoms with E-state index < -0.39 is 28.9 Å². The van der Waals surface area contributed by atoms with Crippen LogP contribution in [0.25, 0.3) is 0 Å². The Morgan fingerprint density at radius 1 is 1.33 bits per heavy atom. The highest BCUT2D eigenvalue weighted by molar-refractivity contribution is 5.24. The number of hydrogen-bond acceptors (Lipinski definition) is 2. The molecule has 0 saturated carbocycles. The number of hydrogen-bond donors (Lipinski definition) is 2. The van der Waals surface area contributed by atoms with Gasteiger partial charge in [0.25, 0.3) is 0 Å². The fraction of sp³-hybridized carbons (Fsp3) is 0.455. The van der Waals surface area contributed by atoms with Gasteiger partial charge in [0, 0.05) is 0 Å². The van der Waals surface area contributed by atoms with Crippen molar-refractivity contribution in [1.29, 1.82) is 0 Å². The van der Waals surface area contributed by atoms with E-state index in [4.69, 9.17) is 0 Å². The lowest BCUT2D eigenvalue weighted by Gasteiger charge is -2.28. The van der Waals surface area contributed by atoms with Crippen LogP contribution in [0.15, 0.2) is 18.2 Å². The molecule has 2 unspecified atom stereocenters. The van der Waals surface area contributed by atoms with E-state index in [0.717, 1.165) is 12.1 Å². The number of halogens is 2. The SMILES string of the molecule is CCC(C)(O)C(O)c1c(F)cccc1F. The highest BCUT2D eigenvalue weighted by Gasteiger charge is 2.33. The molecule has 0 amide bonds. The van der Waals surface area contributed by atoms with Crippen molar-refractivity contribution < 1.29 is 19.0 Å². The van der Waals surface area contributed by atoms with Gasteiger partial charge in [0.15, 0.2) is 0 Å². The Balaban J connectivity index is 3.16. The second-order valence-electron chi connectivity index (χ2n) is 3.75. The Kier molecular flexibility index (Phi) is 3.42. The second-order valence-corrected chi connectivity index (χ2v) is 3.75. The summed E-state index contributed by atoms with van der Waals surface area (Å²) in [6, 6.07) is 3.31. The summed E-state index contributed by atoms with van der Waals surface area (Å²) in [5.41, 5.74) is -2.02. The zero-order valence-electron chi connectivity index (χ0n) is 8.67. The average Bonchev–Trinajstić information content (AvgIpc) is 2.17. The molecule has 1 rings (SSSR count). The topological polar surface area (TPSA) is 40.5 Å². The predicted octanol–water partition coefficient (Wildman–Crippen LogP) is 2.16. The molecule has 0 aliphatic carbocycles. The van der Waals surface area contributed by atoms with E-state index in [9.17, 15) is 19.0 Å². The van der Waals surface area contributed by atoms with E-state index in [0.29, 0.717) is 0 Å². The first-order chi connectivity index (χ1) is 6.90. The maximum atomic E-state index is 13.3. The summed E-state index contributed by atoms with van der Waals surface area (Å²) in [6.45, 7) is 2.96. The smallest absolute Gasteiger partial charge is 0.132 e. The third-order valence-electron chi connectivity index (χ3n) is 2.58. The molecule has 0 saturated heterocycles. The molecule has 2 atom stereocenters. The van der Waals surface area contributed by atoms with Crippen LogP contribution >= 0.6 is 0 Å². The molecule has 0 fully saturated rings. The molecule has 0 radical (unpaired) electrons. The van der Waals surface area contributed by atoms with Gasteiger partial charge in [0.1, 0.15) is 17.7 Å². The third-order valence-corrected chi connectivity index (χ3v) is 2.58. The molecule has 0 heterocycles. The van der Waals surface area contributed by atoms with E-state index in [1.165, 1.54) is 13.0 Å². The minimum absolute atomic E-state index is 0.196. The van der Waals surface area contributed by atoms with Crippen LogP contribution in [-0.4, -0.2) is 15.8 Å². The summed E-state index contributed by atoms with van der Waals surface area (Å²) in [6.07, 6.45) is -1.37. The minimum atomic E-state index is -1.57. The van der Waals surface area contributed by atoms with Crippen molar-refractivity contribution in [2.24, 2.45) is 0 Å². The average molecular weight is 216 g/mol. The molecule has 4 heteroatoms. The molecule has 0 aliphatic heterocycles. The van der Waals surface area contributed by atoms with Gasteiger partial charge in [-0.05, 0) is 25.5 Å². The Labute approximate surface area is 87.2 Å². The van der Waals surface area contributed by atoms with Crippen LogP contribution in [-0.2, 0) is 0 Å². The number of benzene rings is 1. The Morgan fingerprint density at radius 2 is 1.80 bits per heavy atom. The molecule has 0 bridgehead atoms. The predicted molar refractivity (Wildman–Crippen MR) is 52.2 cm³/mol. The molecule has 2 N–H and O–H groups in total. The van der Waals surface area contributed by atoms with Crippen molar-refractivity contribution in [2.75, 3.05) is 0 Å². The van der Waals surface area contributed by atoms with Gasteiger partial charge in [-0.15, -0.1) is 0 Å². The van der Waals surface area contributed by atoms with E-state index in [2.05, 4.69) is 0 Å². The highest BCUT2D eigenvalue weighted by atomic mass is 19.1. The van der Waals surface area contributed by atoms with Gasteiger partial charge in [-0.25, -0.2) is 8.78 Å². The van der Waals surface area contributed by atoms with E-state index in [1.54, 1.807) is 6.92 Å². The van der Waals surface area contributed by atoms with E-state index in [-0.39, 0.29) is 6.42 Å². The van der Waals surface area contributed by atoms with Crippen LogP contribution in [0.2, 0.25) is 0 Å². The summed E-state index contributed by atoms with van der Waals surface area (Å²) < 4.78 is 26.5. The summed E-state index contributed by atoms with van der Waals surface area (Å²) in [7, 11) is 0. The fourth-order valence-corrected chi connectivity index (χ4v) is 1.28. The standard InChI is InChI=1S/C11H14F2O2/c1-3-11(2,15)10(14)9-7(12)5-4-6-8(9)13/h4-6,10,14-15H,3H2,1-2H3. The lowest BCUT2D eigenvalue weighted by molar-refractivity contribution is -0.0688. The summed E-state index contributed by atoms with van der Waals surface area (Å²) >= 11 is 0. The lowest BCUT2D eigenvalue weighted by Crippen LogP contribution is -2.33. The van der Waals surface area contributed by atoms with E-state index in [1.807, 2.05) is 0 Å². The van der Waals surface area contributed by atoms with Crippen LogP contribution < -0.4 is 0 Å². The van der Waals surface area contributed by atoms with Gasteiger partial charge in [-0.2, -0.15) is 0 Å². The second kappa shape index (κ2) is 4.24. The van der Waals surface area contributed by atoms with Gasteiger partial charge in [-0.3, -0.25) is 0 Å². The number of aliphatic hydroxyl groups is 2. The molecular weight excluding hydrogens is 202 g/mol. The van der Waals surface area contributed by atoms with E-state index >= 15 is 0 Å².